The van der Waals surface area contributed by atoms with Crippen molar-refractivity contribution in [1.29, 1.82) is 0 Å². The molecule has 3 heteroatoms. The first kappa shape index (κ1) is 15.9. The maximum absolute atomic E-state index is 4.17. The van der Waals surface area contributed by atoms with E-state index in [-0.39, 0.29) is 5.41 Å². The largest absolute Gasteiger partial charge is 0.384 e. The SMILES string of the molecule is C=C[C@H]1CN(Cc2ccccc2)CC[C@@]12CNc1cc(Br)ccc12. The Morgan fingerprint density at radius 2 is 2.08 bits per heavy atom. The Kier molecular flexibility index (Phi) is 4.23. The van der Waals surface area contributed by atoms with E-state index in [1.807, 2.05) is 0 Å². The third kappa shape index (κ3) is 2.70. The lowest BCUT2D eigenvalue weighted by Gasteiger charge is -2.45. The van der Waals surface area contributed by atoms with Crippen molar-refractivity contribution in [1.82, 2.24) is 4.90 Å². The zero-order chi connectivity index (χ0) is 16.6. The van der Waals surface area contributed by atoms with Gasteiger partial charge in [-0.15, -0.1) is 6.58 Å². The lowest BCUT2D eigenvalue weighted by Crippen LogP contribution is -2.50. The summed E-state index contributed by atoms with van der Waals surface area (Å²) >= 11 is 3.59. The number of piperidine rings is 1. The number of nitrogens with one attached hydrogen (secondary N) is 1. The Hall–Kier alpha value is -1.58. The highest BCUT2D eigenvalue weighted by molar-refractivity contribution is 9.10. The van der Waals surface area contributed by atoms with Crippen molar-refractivity contribution in [3.63, 3.8) is 0 Å². The van der Waals surface area contributed by atoms with Crippen molar-refractivity contribution in [2.24, 2.45) is 5.92 Å². The molecule has 1 spiro atoms. The molecule has 1 N–H and O–H groups in total. The van der Waals surface area contributed by atoms with Gasteiger partial charge in [-0.1, -0.05) is 58.4 Å². The molecule has 1 fully saturated rings. The van der Waals surface area contributed by atoms with Crippen molar-refractivity contribution >= 4 is 21.6 Å². The summed E-state index contributed by atoms with van der Waals surface area (Å²) in [5, 5.41) is 3.63. The van der Waals surface area contributed by atoms with Gasteiger partial charge in [-0.2, -0.15) is 0 Å². The monoisotopic (exact) mass is 382 g/mol. The van der Waals surface area contributed by atoms with Gasteiger partial charge in [0, 0.05) is 41.1 Å². The Morgan fingerprint density at radius 1 is 1.25 bits per heavy atom. The van der Waals surface area contributed by atoms with Gasteiger partial charge in [0.25, 0.3) is 0 Å². The van der Waals surface area contributed by atoms with E-state index < -0.39 is 0 Å². The van der Waals surface area contributed by atoms with Crippen molar-refractivity contribution in [2.75, 3.05) is 25.0 Å². The number of likely N-dealkylation sites (tertiary alicyclic amines) is 1. The Balaban J connectivity index is 1.57. The molecular weight excluding hydrogens is 360 g/mol. The van der Waals surface area contributed by atoms with Crippen LogP contribution in [0.1, 0.15) is 17.5 Å². The van der Waals surface area contributed by atoms with Crippen LogP contribution in [0.4, 0.5) is 5.69 Å². The van der Waals surface area contributed by atoms with Crippen LogP contribution in [0.25, 0.3) is 0 Å². The molecule has 0 amide bonds. The second-order valence-corrected chi connectivity index (χ2v) is 7.93. The molecule has 0 unspecified atom stereocenters. The smallest absolute Gasteiger partial charge is 0.0390 e. The fraction of sp³-hybridized carbons (Fsp3) is 0.333. The van der Waals surface area contributed by atoms with Crippen LogP contribution < -0.4 is 5.32 Å². The minimum atomic E-state index is 0.199. The molecule has 2 aromatic carbocycles. The molecule has 2 heterocycles. The van der Waals surface area contributed by atoms with Gasteiger partial charge >= 0.3 is 0 Å². The normalized spacial score (nSPS) is 26.1. The van der Waals surface area contributed by atoms with E-state index in [2.05, 4.69) is 87.3 Å². The molecule has 0 radical (unpaired) electrons. The summed E-state index contributed by atoms with van der Waals surface area (Å²) in [6.45, 7) is 8.44. The van der Waals surface area contributed by atoms with E-state index in [4.69, 9.17) is 0 Å². The molecule has 2 nitrogen and oxygen atoms in total. The first-order chi connectivity index (χ1) is 11.7. The molecule has 2 atom stereocenters. The summed E-state index contributed by atoms with van der Waals surface area (Å²) in [5.74, 6) is 0.477. The highest BCUT2D eigenvalue weighted by atomic mass is 79.9. The highest BCUT2D eigenvalue weighted by Gasteiger charge is 2.46. The topological polar surface area (TPSA) is 15.3 Å². The molecule has 0 aromatic heterocycles. The van der Waals surface area contributed by atoms with Gasteiger partial charge in [-0.25, -0.2) is 0 Å². The predicted molar refractivity (Wildman–Crippen MR) is 104 cm³/mol. The fourth-order valence-electron chi connectivity index (χ4n) is 4.37. The summed E-state index contributed by atoms with van der Waals surface area (Å²) < 4.78 is 1.14. The molecule has 0 saturated carbocycles. The van der Waals surface area contributed by atoms with Gasteiger partial charge in [0.15, 0.2) is 0 Å². The van der Waals surface area contributed by atoms with Crippen LogP contribution in [-0.2, 0) is 12.0 Å². The van der Waals surface area contributed by atoms with Crippen molar-refractivity contribution in [3.05, 3.63) is 76.8 Å². The Labute approximate surface area is 152 Å². The Morgan fingerprint density at radius 3 is 2.88 bits per heavy atom. The summed E-state index contributed by atoms with van der Waals surface area (Å²) in [6.07, 6.45) is 3.36. The van der Waals surface area contributed by atoms with Crippen LogP contribution in [0.3, 0.4) is 0 Å². The third-order valence-corrected chi connectivity index (χ3v) is 6.18. The van der Waals surface area contributed by atoms with Gasteiger partial charge in [0.1, 0.15) is 0 Å². The average molecular weight is 383 g/mol. The van der Waals surface area contributed by atoms with Crippen LogP contribution in [0.5, 0.6) is 0 Å². The quantitative estimate of drug-likeness (QED) is 0.765. The third-order valence-electron chi connectivity index (χ3n) is 5.68. The number of fused-ring (bicyclic) bond motifs is 2. The molecule has 2 aromatic rings. The number of hydrogen-bond donors (Lipinski definition) is 1. The van der Waals surface area contributed by atoms with Crippen molar-refractivity contribution in [2.45, 2.75) is 18.4 Å². The minimum absolute atomic E-state index is 0.199. The molecule has 0 bridgehead atoms. The lowest BCUT2D eigenvalue weighted by molar-refractivity contribution is 0.121. The van der Waals surface area contributed by atoms with E-state index in [0.29, 0.717) is 5.92 Å². The maximum atomic E-state index is 4.17. The van der Waals surface area contributed by atoms with Gasteiger partial charge < -0.3 is 5.32 Å². The van der Waals surface area contributed by atoms with Crippen LogP contribution >= 0.6 is 15.9 Å². The Bertz CT molecular complexity index is 743. The number of nitrogens with zero attached hydrogens (tertiary/aromatic N) is 1. The standard InChI is InChI=1S/C21H23BrN2/c1-2-17-14-24(13-16-6-4-3-5-7-16)11-10-21(17)15-23-20-12-18(22)8-9-19(20)21/h2-9,12,17,23H,1,10-11,13-15H2/t17-,21+/m0/s1. The second-order valence-electron chi connectivity index (χ2n) is 7.01. The number of hydrogen-bond acceptors (Lipinski definition) is 2. The number of benzene rings is 2. The first-order valence-corrected chi connectivity index (χ1v) is 9.43. The maximum Gasteiger partial charge on any atom is 0.0390 e. The van der Waals surface area contributed by atoms with Gasteiger partial charge in [-0.3, -0.25) is 4.90 Å². The average Bonchev–Trinajstić information content (AvgIpc) is 2.96. The molecule has 2 aliphatic heterocycles. The first-order valence-electron chi connectivity index (χ1n) is 8.64. The predicted octanol–water partition coefficient (Wildman–Crippen LogP) is 4.82. The number of anilines is 1. The molecule has 124 valence electrons. The highest BCUT2D eigenvalue weighted by Crippen LogP contribution is 2.48. The van der Waals surface area contributed by atoms with E-state index in [1.165, 1.54) is 23.2 Å². The molecule has 0 aliphatic carbocycles. The molecule has 24 heavy (non-hydrogen) atoms. The number of rotatable bonds is 3. The zero-order valence-corrected chi connectivity index (χ0v) is 15.4. The van der Waals surface area contributed by atoms with E-state index in [0.717, 1.165) is 30.7 Å². The molecule has 2 aliphatic rings. The molecule has 4 rings (SSSR count). The van der Waals surface area contributed by atoms with Crippen LogP contribution in [0.2, 0.25) is 0 Å². The van der Waals surface area contributed by atoms with E-state index in [9.17, 15) is 0 Å². The molecular formula is C21H23BrN2. The minimum Gasteiger partial charge on any atom is -0.384 e. The van der Waals surface area contributed by atoms with E-state index in [1.54, 1.807) is 0 Å². The van der Waals surface area contributed by atoms with Gasteiger partial charge in [-0.05, 0) is 36.2 Å². The second kappa shape index (κ2) is 6.38. The fourth-order valence-corrected chi connectivity index (χ4v) is 4.73. The lowest BCUT2D eigenvalue weighted by atomic mass is 9.67. The van der Waals surface area contributed by atoms with Crippen LogP contribution in [0, 0.1) is 5.92 Å². The van der Waals surface area contributed by atoms with Crippen LogP contribution in [-0.4, -0.2) is 24.5 Å². The van der Waals surface area contributed by atoms with Crippen LogP contribution in [0.15, 0.2) is 65.7 Å². The number of halogens is 1. The zero-order valence-electron chi connectivity index (χ0n) is 13.8. The summed E-state index contributed by atoms with van der Waals surface area (Å²) in [5.41, 5.74) is 4.35. The summed E-state index contributed by atoms with van der Waals surface area (Å²) in [6, 6.07) is 17.4. The van der Waals surface area contributed by atoms with Gasteiger partial charge in [0.2, 0.25) is 0 Å². The molecule has 1 saturated heterocycles. The van der Waals surface area contributed by atoms with Crippen molar-refractivity contribution < 1.29 is 0 Å². The van der Waals surface area contributed by atoms with E-state index >= 15 is 0 Å². The summed E-state index contributed by atoms with van der Waals surface area (Å²) in [4.78, 5) is 2.57. The van der Waals surface area contributed by atoms with Crippen molar-refractivity contribution in [3.8, 4) is 0 Å². The van der Waals surface area contributed by atoms with Gasteiger partial charge in [0.05, 0.1) is 0 Å². The summed E-state index contributed by atoms with van der Waals surface area (Å²) in [7, 11) is 0.